The van der Waals surface area contributed by atoms with Gasteiger partial charge in [-0.3, -0.25) is 24.2 Å². The molecule has 0 bridgehead atoms. The second-order valence-corrected chi connectivity index (χ2v) is 18.1. The second kappa shape index (κ2) is 19.5. The number of esters is 2. The fourth-order valence-electron chi connectivity index (χ4n) is 9.51. The van der Waals surface area contributed by atoms with E-state index in [1.54, 1.807) is 53.8 Å². The molecule has 3 N–H and O–H groups in total. The molecule has 2 aromatic rings. The van der Waals surface area contributed by atoms with Crippen molar-refractivity contribution < 1.29 is 57.3 Å². The van der Waals surface area contributed by atoms with Gasteiger partial charge in [0.1, 0.15) is 35.5 Å². The number of fused-ring (bicyclic) bond motifs is 1. The number of ketones is 2. The van der Waals surface area contributed by atoms with E-state index in [2.05, 4.69) is 15.3 Å². The van der Waals surface area contributed by atoms with Crippen LogP contribution in [-0.2, 0) is 54.3 Å². The van der Waals surface area contributed by atoms with Crippen LogP contribution in [0.3, 0.4) is 0 Å². The zero-order valence-corrected chi connectivity index (χ0v) is 38.3. The van der Waals surface area contributed by atoms with E-state index >= 15 is 0 Å². The van der Waals surface area contributed by atoms with Crippen LogP contribution in [-0.4, -0.2) is 133 Å². The summed E-state index contributed by atoms with van der Waals surface area (Å²) < 4.78 is 36.5. The van der Waals surface area contributed by atoms with Crippen LogP contribution in [0.1, 0.15) is 80.4 Å². The Morgan fingerprint density at radius 2 is 1.69 bits per heavy atom. The number of ether oxygens (including phenoxy) is 5. The number of hydrogen-bond acceptors (Lipinski definition) is 17. The van der Waals surface area contributed by atoms with E-state index in [1.165, 1.54) is 14.0 Å². The number of methoxy groups -OCH3 is 1. The molecule has 14 atom stereocenters. The summed E-state index contributed by atoms with van der Waals surface area (Å²) in [6.45, 7) is 13.3. The predicted octanol–water partition coefficient (Wildman–Crippen LogP) is 3.76. The maximum atomic E-state index is 14.8. The molecule has 6 unspecified atom stereocenters. The Bertz CT molecular complexity index is 1960. The summed E-state index contributed by atoms with van der Waals surface area (Å²) in [4.78, 5) is 70.9. The van der Waals surface area contributed by atoms with E-state index in [1.807, 2.05) is 57.0 Å². The first-order valence-electron chi connectivity index (χ1n) is 21.3. The van der Waals surface area contributed by atoms with Gasteiger partial charge in [0, 0.05) is 68.9 Å². The van der Waals surface area contributed by atoms with Gasteiger partial charge in [-0.25, -0.2) is 0 Å². The number of oxime groups is 1. The summed E-state index contributed by atoms with van der Waals surface area (Å²) in [5, 5.41) is 19.7. The number of anilines is 1. The average Bonchev–Trinajstić information content (AvgIpc) is 3.82. The van der Waals surface area contributed by atoms with Crippen LogP contribution in [0, 0.1) is 35.5 Å². The number of nitrogens with two attached hydrogens (primary N) is 1. The van der Waals surface area contributed by atoms with Crippen LogP contribution >= 0.6 is 0 Å². The van der Waals surface area contributed by atoms with Gasteiger partial charge in [0.05, 0.1) is 23.5 Å². The standard InChI is InChI=1S/C44H66N6O12/c1-14-32-44(8)34(33(41(55)61-44)39(45)48-57-21-28-19-30(47-62-28)29-18-27(49(9)10)15-16-46-29)24(4)35(51)22(2)20-43(7,56-13)38(25(5)36(52)26(6)40(54)59-32)60-42-37(53)31(50(11)12)17-23(3)58-42/h15-16,18-19,22-26,31-34,37-38,42,53H,14,17,20-21H2,1-13H3,(H2,45,48)/t22-,23?,24-,25+,26-,31?,32-,33?,34?,37?,38-,42?,43+,44-/m1/s1. The molecule has 3 saturated heterocycles. The Hall–Kier alpha value is -4.49. The van der Waals surface area contributed by atoms with Gasteiger partial charge in [0.15, 0.2) is 35.9 Å². The number of rotatable bonds is 11. The molecular formula is C44H66N6O12. The van der Waals surface area contributed by atoms with Gasteiger partial charge in [-0.1, -0.05) is 38.0 Å². The van der Waals surface area contributed by atoms with Crippen LogP contribution in [0.4, 0.5) is 5.69 Å². The summed E-state index contributed by atoms with van der Waals surface area (Å²) in [6.07, 6.45) is -2.33. The van der Waals surface area contributed by atoms with Crippen LogP contribution in [0.2, 0.25) is 0 Å². The molecular weight excluding hydrogens is 805 g/mol. The zero-order chi connectivity index (χ0) is 46.0. The highest BCUT2D eigenvalue weighted by Crippen LogP contribution is 2.48. The molecule has 5 rings (SSSR count). The molecule has 0 aliphatic carbocycles. The largest absolute Gasteiger partial charge is 0.458 e. The first kappa shape index (κ1) is 48.5. The van der Waals surface area contributed by atoms with E-state index in [0.29, 0.717) is 23.6 Å². The lowest BCUT2D eigenvalue weighted by atomic mass is 9.67. The Morgan fingerprint density at radius 1 is 1.00 bits per heavy atom. The molecule has 0 radical (unpaired) electrons. The van der Waals surface area contributed by atoms with E-state index in [0.717, 1.165) is 5.69 Å². The molecule has 3 aliphatic rings. The van der Waals surface area contributed by atoms with Crippen LogP contribution in [0.5, 0.6) is 0 Å². The monoisotopic (exact) mass is 870 g/mol. The number of pyridine rings is 1. The first-order valence-corrected chi connectivity index (χ1v) is 21.3. The lowest BCUT2D eigenvalue weighted by Gasteiger charge is -2.47. The number of hydrogen-bond donors (Lipinski definition) is 2. The highest BCUT2D eigenvalue weighted by molar-refractivity contribution is 6.03. The number of likely N-dealkylation sites (N-methyl/N-ethyl adjacent to an activating group) is 1. The molecule has 3 aliphatic heterocycles. The minimum atomic E-state index is -1.59. The van der Waals surface area contributed by atoms with Crippen molar-refractivity contribution in [2.45, 2.75) is 129 Å². The van der Waals surface area contributed by atoms with Crippen LogP contribution < -0.4 is 10.6 Å². The number of carbonyl (C=O) groups is 4. The molecule has 18 nitrogen and oxygen atoms in total. The van der Waals surface area contributed by atoms with Crippen molar-refractivity contribution in [3.05, 3.63) is 30.2 Å². The minimum absolute atomic E-state index is 0.0458. The Kier molecular flexibility index (Phi) is 15.3. The number of amidine groups is 1. The molecule has 0 saturated carbocycles. The smallest absolute Gasteiger partial charge is 0.317 e. The van der Waals surface area contributed by atoms with Crippen molar-refractivity contribution in [2.24, 2.45) is 46.4 Å². The number of carbonyl (C=O) groups excluding carboxylic acids is 4. The highest BCUT2D eigenvalue weighted by atomic mass is 16.7. The van der Waals surface area contributed by atoms with Crippen molar-refractivity contribution in [1.29, 1.82) is 0 Å². The third kappa shape index (κ3) is 9.83. The van der Waals surface area contributed by atoms with E-state index in [-0.39, 0.29) is 43.2 Å². The van der Waals surface area contributed by atoms with Crippen molar-refractivity contribution >= 4 is 35.0 Å². The lowest BCUT2D eigenvalue weighted by molar-refractivity contribution is -0.295. The number of Topliss-reactive ketones (excluding diaryl/α,β-unsaturated/α-hetero) is 2. The molecule has 5 heterocycles. The molecule has 2 aromatic heterocycles. The van der Waals surface area contributed by atoms with Gasteiger partial charge < -0.3 is 53.7 Å². The van der Waals surface area contributed by atoms with Crippen LogP contribution in [0.15, 0.2) is 34.1 Å². The van der Waals surface area contributed by atoms with E-state index in [4.69, 9.17) is 38.8 Å². The molecule has 0 spiro atoms. The van der Waals surface area contributed by atoms with Crippen molar-refractivity contribution in [3.8, 4) is 11.4 Å². The fraction of sp³-hybridized carbons (Fsp3) is 0.705. The summed E-state index contributed by atoms with van der Waals surface area (Å²) >= 11 is 0. The van der Waals surface area contributed by atoms with Crippen molar-refractivity contribution in [1.82, 2.24) is 15.0 Å². The number of nitrogens with zero attached hydrogens (tertiary/aromatic N) is 5. The molecule has 0 aromatic carbocycles. The summed E-state index contributed by atoms with van der Waals surface area (Å²) in [5.74, 6) is -8.67. The molecule has 0 amide bonds. The maximum Gasteiger partial charge on any atom is 0.317 e. The van der Waals surface area contributed by atoms with Crippen molar-refractivity contribution in [3.63, 3.8) is 0 Å². The molecule has 62 heavy (non-hydrogen) atoms. The predicted molar refractivity (Wildman–Crippen MR) is 226 cm³/mol. The van der Waals surface area contributed by atoms with Crippen LogP contribution in [0.25, 0.3) is 11.4 Å². The summed E-state index contributed by atoms with van der Waals surface area (Å²) in [6, 6.07) is 5.06. The first-order chi connectivity index (χ1) is 29.1. The Balaban J connectivity index is 1.47. The number of aliphatic hydroxyl groups excluding tert-OH is 1. The summed E-state index contributed by atoms with van der Waals surface area (Å²) in [5.41, 5.74) is 5.62. The topological polar surface area (TPSA) is 228 Å². The number of cyclic esters (lactones) is 1. The normalized spacial score (nSPS) is 36.5. The summed E-state index contributed by atoms with van der Waals surface area (Å²) in [7, 11) is 8.99. The van der Waals surface area contributed by atoms with Gasteiger partial charge in [-0.2, -0.15) is 0 Å². The number of aliphatic hydroxyl groups is 1. The average molecular weight is 871 g/mol. The van der Waals surface area contributed by atoms with Gasteiger partial charge >= 0.3 is 11.9 Å². The van der Waals surface area contributed by atoms with Gasteiger partial charge in [-0.05, 0) is 73.2 Å². The van der Waals surface area contributed by atoms with Gasteiger partial charge in [-0.15, -0.1) is 0 Å². The van der Waals surface area contributed by atoms with Crippen molar-refractivity contribution in [2.75, 3.05) is 40.2 Å². The number of aromatic nitrogens is 2. The van der Waals surface area contributed by atoms with Gasteiger partial charge in [0.2, 0.25) is 0 Å². The minimum Gasteiger partial charge on any atom is -0.458 e. The lowest BCUT2D eigenvalue weighted by Crippen LogP contribution is -2.59. The quantitative estimate of drug-likeness (QED) is 0.108. The molecule has 18 heteroatoms. The Labute approximate surface area is 364 Å². The molecule has 344 valence electrons. The highest BCUT2D eigenvalue weighted by Gasteiger charge is 2.62. The zero-order valence-electron chi connectivity index (χ0n) is 38.3. The van der Waals surface area contributed by atoms with Gasteiger partial charge in [0.25, 0.3) is 0 Å². The second-order valence-electron chi connectivity index (χ2n) is 18.1. The SMILES string of the molecule is CC[C@H]1OC(=O)[C@H](C)C(=O)[C@H](C)[C@@H](OC2OC(C)CC(N(C)C)C2O)[C@@](C)(OC)C[C@@H](C)C(=O)[C@H](C)C2C(/C(N)=N\OCc3cc(-c4cc(N(C)C)ccn4)no3)C(=O)O[C@@]21C. The third-order valence-corrected chi connectivity index (χ3v) is 13.1. The fourth-order valence-corrected chi connectivity index (χ4v) is 9.51. The van der Waals surface area contributed by atoms with E-state index in [9.17, 15) is 24.3 Å². The molecule has 3 fully saturated rings. The third-order valence-electron chi connectivity index (χ3n) is 13.1. The van der Waals surface area contributed by atoms with E-state index < -0.39 is 89.0 Å². The Morgan fingerprint density at radius 3 is 2.32 bits per heavy atom. The maximum absolute atomic E-state index is 14.8.